The number of sulfonamides is 2. The number of nitrogens with one attached hydrogen (secondary N) is 9. The van der Waals surface area contributed by atoms with Crippen LogP contribution in [0.3, 0.4) is 0 Å². The van der Waals surface area contributed by atoms with Gasteiger partial charge in [0.05, 0.1) is 108 Å². The number of aromatic nitrogens is 4. The van der Waals surface area contributed by atoms with Crippen molar-refractivity contribution in [2.45, 2.75) is 72.8 Å². The third-order valence-electron chi connectivity index (χ3n) is 16.8. The molecule has 11 rings (SSSR count). The molecule has 0 atom stereocenters. The number of ether oxygens (including phenoxy) is 2. The topological polar surface area (TPSA) is 281 Å². The first-order chi connectivity index (χ1) is 44.9. The summed E-state index contributed by atoms with van der Waals surface area (Å²) in [5, 5.41) is 12.9. The van der Waals surface area contributed by atoms with Crippen LogP contribution in [0, 0.1) is 13.8 Å². The molecule has 6 heterocycles. The minimum Gasteiger partial charge on any atom is -0.492 e. The number of benzene rings is 5. The Bertz CT molecular complexity index is 4300. The van der Waals surface area contributed by atoms with E-state index in [2.05, 4.69) is 100 Å². The number of carbonyl (C=O) groups excluding carboxylic acids is 2. The number of anilines is 8. The predicted molar refractivity (Wildman–Crippen MR) is 377 cm³/mol. The quantitative estimate of drug-likeness (QED) is 0.0398. The van der Waals surface area contributed by atoms with Gasteiger partial charge in [0.1, 0.15) is 0 Å². The molecule has 0 radical (unpaired) electrons. The molecular weight excluding hydrogens is 1250 g/mol. The highest BCUT2D eigenvalue weighted by Crippen LogP contribution is 2.42. The number of aryl methyl sites for hydroxylation is 2. The summed E-state index contributed by atoms with van der Waals surface area (Å²) in [5.41, 5.74) is 24.2. The van der Waals surface area contributed by atoms with Crippen molar-refractivity contribution in [3.63, 3.8) is 0 Å². The van der Waals surface area contributed by atoms with Gasteiger partial charge in [-0.3, -0.25) is 44.8 Å². The molecule has 0 aliphatic carbocycles. The molecule has 0 unspecified atom stereocenters. The lowest BCUT2D eigenvalue weighted by Crippen LogP contribution is -2.46. The first-order valence-electron chi connectivity index (χ1n) is 31.3. The van der Waals surface area contributed by atoms with Crippen molar-refractivity contribution in [1.82, 2.24) is 51.2 Å². The van der Waals surface area contributed by atoms with E-state index in [9.17, 15) is 26.4 Å². The fourth-order valence-corrected chi connectivity index (χ4v) is 12.7. The molecule has 7 aromatic rings. The van der Waals surface area contributed by atoms with Gasteiger partial charge in [0.2, 0.25) is 31.9 Å². The maximum atomic E-state index is 13.7. The second-order valence-electron chi connectivity index (χ2n) is 26.2. The summed E-state index contributed by atoms with van der Waals surface area (Å²) >= 11 is 0. The Kier molecular flexibility index (Phi) is 20.2. The summed E-state index contributed by atoms with van der Waals surface area (Å²) in [4.78, 5) is 43.8. The van der Waals surface area contributed by atoms with Gasteiger partial charge in [-0.2, -0.15) is 0 Å². The molecule has 2 amide bonds. The lowest BCUT2D eigenvalue weighted by molar-refractivity contribution is 0.101. The van der Waals surface area contributed by atoms with Gasteiger partial charge in [-0.05, 0) is 101 Å². The van der Waals surface area contributed by atoms with E-state index in [0.717, 1.165) is 140 Å². The van der Waals surface area contributed by atoms with E-state index in [1.807, 2.05) is 135 Å². The minimum atomic E-state index is -3.61. The monoisotopic (exact) mass is 1340 g/mol. The number of imidazole rings is 2. The number of rotatable bonds is 18. The van der Waals surface area contributed by atoms with Gasteiger partial charge in [0, 0.05) is 84.1 Å². The highest BCUT2D eigenvalue weighted by atomic mass is 32.2. The molecular formula is C67H88N18O8S2. The van der Waals surface area contributed by atoms with E-state index in [1.54, 1.807) is 36.4 Å². The fourth-order valence-electron chi connectivity index (χ4n) is 11.6. The molecule has 4 aliphatic rings. The average molecular weight is 1340 g/mol. The predicted octanol–water partition coefficient (Wildman–Crippen LogP) is 7.70. The van der Waals surface area contributed by atoms with Crippen molar-refractivity contribution in [2.75, 3.05) is 119 Å². The molecule has 2 saturated heterocycles. The van der Waals surface area contributed by atoms with E-state index in [1.165, 1.54) is 19.8 Å². The minimum absolute atomic E-state index is 0.219. The first kappa shape index (κ1) is 68.5. The first-order valence-corrected chi connectivity index (χ1v) is 35.0. The number of hydrogen-bond donors (Lipinski definition) is 9. The molecule has 5 aromatic carbocycles. The van der Waals surface area contributed by atoms with Crippen molar-refractivity contribution < 1.29 is 35.9 Å². The summed E-state index contributed by atoms with van der Waals surface area (Å²) < 4.78 is 68.9. The van der Waals surface area contributed by atoms with E-state index in [4.69, 9.17) is 14.5 Å². The number of hydrazine groups is 4. The Morgan fingerprint density at radius 1 is 0.558 bits per heavy atom. The second-order valence-corrected chi connectivity index (χ2v) is 29.7. The number of nitrogens with zero attached hydrogens (tertiary/aromatic N) is 9. The molecule has 2 aromatic heterocycles. The standard InChI is InChI=1S/C37H47N9O4S.C30H41N9O4S/c1-25-13-14-27(35(47)39-29-20-28(37(2,3)4)21-30(34(29)50-6)41-51(7,48)49)19-32(25)46-24-31(40-42-46)33-22-38-36(43(33)5)45-17-15-44(16-18-45)23-26-11-9-8-10-12-26;1-19-8-9-20(28(40)33-22-15-21(30(2,3)4)16-23(27(22)43-6)35-44(7,41)42)14-25(19)39-18-24(34-36-39)26-17-32-29(37(26)5)38-12-10-31-11-13-38/h8-14,19-22,24,40-42H,15-18,23H2,1-7H3,(H,39,47);8-9,14-18,31,34-36H,10-13H2,1-7H3,(H,33,40). The lowest BCUT2D eigenvalue weighted by atomic mass is 9.86. The SMILES string of the molecule is COc1c(NC(=O)c2ccc(C)c(N3C=C(c4cnc(N5CCN(Cc6ccccc6)CC5)n4C)NN3)c2)cc(C(C)(C)C)cc1NS(C)(=O)=O.COc1c(NC(=O)c2ccc(C)c(N3C=C(c4cnc(N5CCNCC5)n4C)NN3)c2)cc(C(C)(C)C)cc1NS(C)(=O)=O. The summed E-state index contributed by atoms with van der Waals surface area (Å²) in [5.74, 6) is 1.53. The number of hydrogen-bond acceptors (Lipinski definition) is 20. The Morgan fingerprint density at radius 3 is 1.37 bits per heavy atom. The highest BCUT2D eigenvalue weighted by Gasteiger charge is 2.29. The maximum absolute atomic E-state index is 13.7. The third-order valence-corrected chi connectivity index (χ3v) is 18.0. The van der Waals surface area contributed by atoms with Gasteiger partial charge in [0.15, 0.2) is 11.5 Å². The van der Waals surface area contributed by atoms with Crippen molar-refractivity contribution in [2.24, 2.45) is 14.1 Å². The number of piperazine rings is 2. The highest BCUT2D eigenvalue weighted by molar-refractivity contribution is 7.92. The molecule has 2 fully saturated rings. The smallest absolute Gasteiger partial charge is 0.255 e. The fraction of sp³-hybridized carbons (Fsp3) is 0.373. The molecule has 28 heteroatoms. The normalized spacial score (nSPS) is 15.5. The van der Waals surface area contributed by atoms with Crippen LogP contribution in [0.15, 0.2) is 116 Å². The molecule has 0 saturated carbocycles. The summed E-state index contributed by atoms with van der Waals surface area (Å²) in [7, 11) is -0.311. The van der Waals surface area contributed by atoms with Crippen LogP contribution < -0.4 is 76.6 Å². The second kappa shape index (κ2) is 27.9. The number of methoxy groups -OCH3 is 2. The largest absolute Gasteiger partial charge is 0.492 e. The van der Waals surface area contributed by atoms with Gasteiger partial charge in [-0.15, -0.1) is 11.1 Å². The van der Waals surface area contributed by atoms with Crippen molar-refractivity contribution in [3.8, 4) is 11.5 Å². The molecule has 0 spiro atoms. The average Bonchev–Trinajstić information content (AvgIpc) is 1.72. The van der Waals surface area contributed by atoms with Crippen LogP contribution in [-0.2, 0) is 51.5 Å². The van der Waals surface area contributed by atoms with Crippen LogP contribution in [0.2, 0.25) is 0 Å². The summed E-state index contributed by atoms with van der Waals surface area (Å²) in [6.07, 6.45) is 9.75. The molecule has 0 bridgehead atoms. The van der Waals surface area contributed by atoms with Crippen molar-refractivity contribution >= 4 is 89.3 Å². The van der Waals surface area contributed by atoms with Gasteiger partial charge in [0.25, 0.3) is 11.8 Å². The molecule has 4 aliphatic heterocycles. The summed E-state index contributed by atoms with van der Waals surface area (Å²) in [6.45, 7) is 24.3. The van der Waals surface area contributed by atoms with Crippen LogP contribution >= 0.6 is 0 Å². The van der Waals surface area contributed by atoms with Gasteiger partial charge < -0.3 is 44.4 Å². The van der Waals surface area contributed by atoms with Crippen LogP contribution in [0.5, 0.6) is 11.5 Å². The summed E-state index contributed by atoms with van der Waals surface area (Å²) in [6, 6.07) is 28.5. The zero-order chi connectivity index (χ0) is 68.3. The van der Waals surface area contributed by atoms with Gasteiger partial charge >= 0.3 is 0 Å². The van der Waals surface area contributed by atoms with E-state index < -0.39 is 20.0 Å². The van der Waals surface area contributed by atoms with Crippen LogP contribution in [0.25, 0.3) is 11.4 Å². The zero-order valence-corrected chi connectivity index (χ0v) is 58.1. The Morgan fingerprint density at radius 2 is 0.968 bits per heavy atom. The van der Waals surface area contributed by atoms with Crippen molar-refractivity contribution in [3.05, 3.63) is 166 Å². The number of carbonyl (C=O) groups is 2. The molecule has 9 N–H and O–H groups in total. The molecule has 95 heavy (non-hydrogen) atoms. The van der Waals surface area contributed by atoms with Crippen LogP contribution in [0.1, 0.15) is 101 Å². The Balaban J connectivity index is 0.000000209. The van der Waals surface area contributed by atoms with E-state index >= 15 is 0 Å². The molecule has 506 valence electrons. The maximum Gasteiger partial charge on any atom is 0.255 e. The van der Waals surface area contributed by atoms with Crippen molar-refractivity contribution in [1.29, 1.82) is 0 Å². The third kappa shape index (κ3) is 16.3. The zero-order valence-electron chi connectivity index (χ0n) is 56.4. The number of amides is 2. The Labute approximate surface area is 557 Å². The van der Waals surface area contributed by atoms with E-state index in [-0.39, 0.29) is 45.5 Å². The van der Waals surface area contributed by atoms with Gasteiger partial charge in [-0.25, -0.2) is 26.8 Å². The van der Waals surface area contributed by atoms with Crippen LogP contribution in [0.4, 0.5) is 46.0 Å². The molecule has 26 nitrogen and oxygen atoms in total. The Hall–Kier alpha value is -9.32. The lowest BCUT2D eigenvalue weighted by Gasteiger charge is -2.35. The van der Waals surface area contributed by atoms with Gasteiger partial charge in [-0.1, -0.05) is 84.0 Å². The van der Waals surface area contributed by atoms with Crippen LogP contribution in [-0.4, -0.2) is 132 Å². The van der Waals surface area contributed by atoms with E-state index in [0.29, 0.717) is 22.5 Å².